The Labute approximate surface area is 79.2 Å². The van der Waals surface area contributed by atoms with Gasteiger partial charge in [0.1, 0.15) is 0 Å². The van der Waals surface area contributed by atoms with Gasteiger partial charge in [0, 0.05) is 14.7 Å². The molecule has 0 spiro atoms. The van der Waals surface area contributed by atoms with E-state index in [0.29, 0.717) is 5.92 Å². The predicted octanol–water partition coefficient (Wildman–Crippen LogP) is 3.20. The molecule has 0 fully saturated rings. The first kappa shape index (κ1) is 9.23. The second kappa shape index (κ2) is 3.70. The van der Waals surface area contributed by atoms with Crippen molar-refractivity contribution < 1.29 is 5.11 Å². The molecule has 0 saturated heterocycles. The maximum Gasteiger partial charge on any atom is 0.0905 e. The largest absolute Gasteiger partial charge is 0.387 e. The first-order valence-corrected chi connectivity index (χ1v) is 5.20. The van der Waals surface area contributed by atoms with E-state index in [1.54, 1.807) is 11.3 Å². The number of aliphatic hydroxyl groups is 1. The van der Waals surface area contributed by atoms with Gasteiger partial charge in [-0.15, -0.1) is 11.3 Å². The zero-order valence-corrected chi connectivity index (χ0v) is 8.95. The Kier molecular flexibility index (Phi) is 3.10. The molecule has 11 heavy (non-hydrogen) atoms. The van der Waals surface area contributed by atoms with Gasteiger partial charge in [-0.2, -0.15) is 0 Å². The zero-order valence-electron chi connectivity index (χ0n) is 6.54. The quantitative estimate of drug-likeness (QED) is 0.834. The van der Waals surface area contributed by atoms with Crippen LogP contribution in [0.25, 0.3) is 0 Å². The van der Waals surface area contributed by atoms with Gasteiger partial charge in [0.2, 0.25) is 0 Å². The minimum absolute atomic E-state index is 0.292. The molecule has 1 rings (SSSR count). The third-order valence-corrected chi connectivity index (χ3v) is 3.27. The van der Waals surface area contributed by atoms with Gasteiger partial charge in [-0.3, -0.25) is 0 Å². The minimum Gasteiger partial charge on any atom is -0.387 e. The smallest absolute Gasteiger partial charge is 0.0905 e. The first-order valence-electron chi connectivity index (χ1n) is 3.53. The van der Waals surface area contributed by atoms with Crippen LogP contribution >= 0.6 is 27.3 Å². The molecule has 0 aliphatic rings. The third kappa shape index (κ3) is 2.29. The van der Waals surface area contributed by atoms with Gasteiger partial charge in [0.05, 0.1) is 6.10 Å². The Morgan fingerprint density at radius 2 is 2.18 bits per heavy atom. The zero-order chi connectivity index (χ0) is 8.43. The number of halogens is 1. The van der Waals surface area contributed by atoms with E-state index in [2.05, 4.69) is 15.9 Å². The predicted molar refractivity (Wildman–Crippen MR) is 51.8 cm³/mol. The van der Waals surface area contributed by atoms with Gasteiger partial charge in [-0.05, 0) is 27.9 Å². The Hall–Kier alpha value is 0.140. The number of hydrogen-bond donors (Lipinski definition) is 1. The van der Waals surface area contributed by atoms with Crippen molar-refractivity contribution in [3.63, 3.8) is 0 Å². The van der Waals surface area contributed by atoms with E-state index >= 15 is 0 Å². The van der Waals surface area contributed by atoms with Crippen molar-refractivity contribution in [1.29, 1.82) is 0 Å². The summed E-state index contributed by atoms with van der Waals surface area (Å²) in [4.78, 5) is 1.03. The Morgan fingerprint density at radius 3 is 2.55 bits per heavy atom. The molecule has 1 atom stereocenters. The van der Waals surface area contributed by atoms with Gasteiger partial charge in [0.25, 0.3) is 0 Å². The Morgan fingerprint density at radius 1 is 1.55 bits per heavy atom. The molecule has 1 nitrogen and oxygen atoms in total. The average Bonchev–Trinajstić information content (AvgIpc) is 2.34. The number of aliphatic hydroxyl groups excluding tert-OH is 1. The number of rotatable bonds is 2. The normalized spacial score (nSPS) is 13.9. The van der Waals surface area contributed by atoms with Crippen LogP contribution in [0.1, 0.15) is 24.8 Å². The summed E-state index contributed by atoms with van der Waals surface area (Å²) >= 11 is 4.94. The fraction of sp³-hybridized carbons (Fsp3) is 0.500. The lowest BCUT2D eigenvalue weighted by molar-refractivity contribution is 0.130. The summed E-state index contributed by atoms with van der Waals surface area (Å²) in [5.41, 5.74) is 0. The fourth-order valence-corrected chi connectivity index (χ4v) is 2.41. The number of thiophene rings is 1. The SMILES string of the molecule is CC(C)C(O)c1cc(Br)cs1. The second-order valence-corrected chi connectivity index (χ2v) is 4.71. The van der Waals surface area contributed by atoms with Crippen LogP contribution < -0.4 is 0 Å². The van der Waals surface area contributed by atoms with E-state index in [1.165, 1.54) is 0 Å². The summed E-state index contributed by atoms with van der Waals surface area (Å²) in [5.74, 6) is 0.292. The summed E-state index contributed by atoms with van der Waals surface area (Å²) in [5, 5.41) is 11.6. The van der Waals surface area contributed by atoms with Crippen LogP contribution in [-0.2, 0) is 0 Å². The van der Waals surface area contributed by atoms with E-state index in [9.17, 15) is 5.11 Å². The summed E-state index contributed by atoms with van der Waals surface area (Å²) in [6.45, 7) is 4.02. The van der Waals surface area contributed by atoms with Crippen molar-refractivity contribution in [3.8, 4) is 0 Å². The van der Waals surface area contributed by atoms with Crippen LogP contribution in [0.2, 0.25) is 0 Å². The lowest BCUT2D eigenvalue weighted by atomic mass is 10.1. The van der Waals surface area contributed by atoms with Crippen molar-refractivity contribution in [3.05, 3.63) is 20.8 Å². The third-order valence-electron chi connectivity index (χ3n) is 1.51. The van der Waals surface area contributed by atoms with E-state index in [0.717, 1.165) is 9.35 Å². The molecule has 1 aromatic heterocycles. The van der Waals surface area contributed by atoms with Crippen molar-refractivity contribution in [2.45, 2.75) is 20.0 Å². The molecule has 0 saturated carbocycles. The molecule has 1 aromatic rings. The maximum absolute atomic E-state index is 9.60. The molecule has 0 amide bonds. The van der Waals surface area contributed by atoms with Gasteiger partial charge in [-0.1, -0.05) is 13.8 Å². The summed E-state index contributed by atoms with van der Waals surface area (Å²) in [7, 11) is 0. The highest BCUT2D eigenvalue weighted by Crippen LogP contribution is 2.29. The van der Waals surface area contributed by atoms with E-state index in [-0.39, 0.29) is 6.10 Å². The van der Waals surface area contributed by atoms with Gasteiger partial charge in [0.15, 0.2) is 0 Å². The van der Waals surface area contributed by atoms with Gasteiger partial charge < -0.3 is 5.11 Å². The molecular formula is C8H11BrOS. The molecule has 0 aromatic carbocycles. The molecule has 3 heteroatoms. The monoisotopic (exact) mass is 234 g/mol. The highest BCUT2D eigenvalue weighted by atomic mass is 79.9. The second-order valence-electron chi connectivity index (χ2n) is 2.86. The van der Waals surface area contributed by atoms with Crippen LogP contribution in [0.4, 0.5) is 0 Å². The van der Waals surface area contributed by atoms with Crippen LogP contribution in [0.5, 0.6) is 0 Å². The molecule has 62 valence electrons. The highest BCUT2D eigenvalue weighted by Gasteiger charge is 2.13. The summed E-state index contributed by atoms with van der Waals surface area (Å²) < 4.78 is 1.05. The minimum atomic E-state index is -0.314. The average molecular weight is 235 g/mol. The molecule has 1 N–H and O–H groups in total. The highest BCUT2D eigenvalue weighted by molar-refractivity contribution is 9.10. The van der Waals surface area contributed by atoms with Crippen LogP contribution in [0, 0.1) is 5.92 Å². The first-order chi connectivity index (χ1) is 5.11. The van der Waals surface area contributed by atoms with Crippen LogP contribution in [-0.4, -0.2) is 5.11 Å². The van der Waals surface area contributed by atoms with Crippen molar-refractivity contribution in [1.82, 2.24) is 0 Å². The number of hydrogen-bond acceptors (Lipinski definition) is 2. The lowest BCUT2D eigenvalue weighted by Crippen LogP contribution is -2.02. The standard InChI is InChI=1S/C8H11BrOS/c1-5(2)8(10)7-3-6(9)4-11-7/h3-5,8,10H,1-2H3. The van der Waals surface area contributed by atoms with Crippen molar-refractivity contribution in [2.24, 2.45) is 5.92 Å². The van der Waals surface area contributed by atoms with Crippen molar-refractivity contribution in [2.75, 3.05) is 0 Å². The van der Waals surface area contributed by atoms with Crippen LogP contribution in [0.15, 0.2) is 15.9 Å². The van der Waals surface area contributed by atoms with E-state index in [4.69, 9.17) is 0 Å². The topological polar surface area (TPSA) is 20.2 Å². The van der Waals surface area contributed by atoms with Crippen LogP contribution in [0.3, 0.4) is 0 Å². The fourth-order valence-electron chi connectivity index (χ4n) is 0.812. The molecular weight excluding hydrogens is 224 g/mol. The molecule has 1 heterocycles. The molecule has 0 radical (unpaired) electrons. The van der Waals surface area contributed by atoms with Gasteiger partial charge in [-0.25, -0.2) is 0 Å². The molecule has 0 bridgehead atoms. The Bertz CT molecular complexity index is 232. The summed E-state index contributed by atoms with van der Waals surface area (Å²) in [6, 6.07) is 1.97. The van der Waals surface area contributed by atoms with Gasteiger partial charge >= 0.3 is 0 Å². The molecule has 0 aliphatic heterocycles. The van der Waals surface area contributed by atoms with E-state index in [1.807, 2.05) is 25.3 Å². The van der Waals surface area contributed by atoms with E-state index < -0.39 is 0 Å². The van der Waals surface area contributed by atoms with Crippen molar-refractivity contribution >= 4 is 27.3 Å². The summed E-state index contributed by atoms with van der Waals surface area (Å²) in [6.07, 6.45) is -0.314. The lowest BCUT2D eigenvalue weighted by Gasteiger charge is -2.11. The Balaban J connectivity index is 2.76. The molecule has 1 unspecified atom stereocenters. The molecule has 0 aliphatic carbocycles. The maximum atomic E-state index is 9.60.